The summed E-state index contributed by atoms with van der Waals surface area (Å²) >= 11 is 0. The van der Waals surface area contributed by atoms with Crippen molar-refractivity contribution >= 4 is 5.91 Å². The van der Waals surface area contributed by atoms with Crippen LogP contribution in [0.1, 0.15) is 6.92 Å². The average Bonchev–Trinajstić information content (AvgIpc) is 1.83. The molecule has 6 heteroatoms. The lowest BCUT2D eigenvalue weighted by Gasteiger charge is -2.07. The van der Waals surface area contributed by atoms with Crippen LogP contribution in [0.15, 0.2) is 0 Å². The van der Waals surface area contributed by atoms with E-state index in [1.165, 1.54) is 6.92 Å². The van der Waals surface area contributed by atoms with Gasteiger partial charge in [0.15, 0.2) is 0 Å². The molecule has 1 amide bonds. The van der Waals surface area contributed by atoms with E-state index < -0.39 is 12.7 Å². The van der Waals surface area contributed by atoms with Gasteiger partial charge in [-0.05, 0) is 0 Å². The topological polar surface area (TPSA) is 41.1 Å². The zero-order valence-corrected chi connectivity index (χ0v) is 6.66. The standard InChI is InChI=1S/C6H11F3N2O/c1-5(12)11-3-2-10-4-6(7,8)9/h10H,2-4H2,1H3,(H,11,12). The van der Waals surface area contributed by atoms with E-state index >= 15 is 0 Å². The number of nitrogens with one attached hydrogen (secondary N) is 2. The molecule has 0 aliphatic heterocycles. The summed E-state index contributed by atoms with van der Waals surface area (Å²) in [6.45, 7) is 0.626. The first-order valence-electron chi connectivity index (χ1n) is 3.44. The minimum Gasteiger partial charge on any atom is -0.355 e. The Balaban J connectivity index is 3.17. The minimum atomic E-state index is -4.18. The van der Waals surface area contributed by atoms with Crippen LogP contribution in [0.2, 0.25) is 0 Å². The smallest absolute Gasteiger partial charge is 0.355 e. The van der Waals surface area contributed by atoms with Crippen LogP contribution in [0.4, 0.5) is 13.2 Å². The van der Waals surface area contributed by atoms with E-state index in [-0.39, 0.29) is 19.0 Å². The lowest BCUT2D eigenvalue weighted by molar-refractivity contribution is -0.124. The van der Waals surface area contributed by atoms with E-state index in [2.05, 4.69) is 10.6 Å². The van der Waals surface area contributed by atoms with Crippen molar-refractivity contribution in [2.24, 2.45) is 0 Å². The first-order valence-corrected chi connectivity index (χ1v) is 3.44. The van der Waals surface area contributed by atoms with Crippen molar-refractivity contribution in [3.63, 3.8) is 0 Å². The van der Waals surface area contributed by atoms with Crippen LogP contribution in [0, 0.1) is 0 Å². The first-order chi connectivity index (χ1) is 5.42. The van der Waals surface area contributed by atoms with Crippen molar-refractivity contribution in [2.45, 2.75) is 13.1 Å². The molecule has 0 aliphatic carbocycles. The number of hydrogen-bond donors (Lipinski definition) is 2. The number of rotatable bonds is 4. The molecule has 0 fully saturated rings. The largest absolute Gasteiger partial charge is 0.401 e. The summed E-state index contributed by atoms with van der Waals surface area (Å²) in [5, 5.41) is 4.50. The Morgan fingerprint density at radius 2 is 1.92 bits per heavy atom. The van der Waals surface area contributed by atoms with Gasteiger partial charge < -0.3 is 10.6 Å². The molecule has 0 unspecified atom stereocenters. The molecular formula is C6H11F3N2O. The molecule has 12 heavy (non-hydrogen) atoms. The fourth-order valence-electron chi connectivity index (χ4n) is 0.557. The van der Waals surface area contributed by atoms with Crippen molar-refractivity contribution in [1.29, 1.82) is 0 Å². The summed E-state index contributed by atoms with van der Waals surface area (Å²) in [7, 11) is 0. The average molecular weight is 184 g/mol. The Bertz CT molecular complexity index is 146. The summed E-state index contributed by atoms with van der Waals surface area (Å²) in [6.07, 6.45) is -4.18. The highest BCUT2D eigenvalue weighted by atomic mass is 19.4. The van der Waals surface area contributed by atoms with Gasteiger partial charge in [0.1, 0.15) is 0 Å². The lowest BCUT2D eigenvalue weighted by Crippen LogP contribution is -2.35. The van der Waals surface area contributed by atoms with Gasteiger partial charge in [0, 0.05) is 20.0 Å². The minimum absolute atomic E-state index is 0.124. The normalized spacial score (nSPS) is 11.3. The van der Waals surface area contributed by atoms with E-state index in [1.54, 1.807) is 0 Å². The second kappa shape index (κ2) is 4.97. The fraction of sp³-hybridized carbons (Fsp3) is 0.833. The molecule has 0 bridgehead atoms. The number of hydrogen-bond acceptors (Lipinski definition) is 2. The van der Waals surface area contributed by atoms with Gasteiger partial charge in [0.05, 0.1) is 6.54 Å². The quantitative estimate of drug-likeness (QED) is 0.616. The summed E-state index contributed by atoms with van der Waals surface area (Å²) in [6, 6.07) is 0. The van der Waals surface area contributed by atoms with Crippen LogP contribution < -0.4 is 10.6 Å². The maximum atomic E-state index is 11.5. The molecule has 0 saturated heterocycles. The van der Waals surface area contributed by atoms with Gasteiger partial charge >= 0.3 is 6.18 Å². The molecule has 0 heterocycles. The van der Waals surface area contributed by atoms with Crippen LogP contribution in [-0.2, 0) is 4.79 Å². The van der Waals surface area contributed by atoms with Crippen molar-refractivity contribution in [2.75, 3.05) is 19.6 Å². The molecule has 0 aliphatic rings. The number of carbonyl (C=O) groups excluding carboxylic acids is 1. The van der Waals surface area contributed by atoms with E-state index in [9.17, 15) is 18.0 Å². The Labute approximate surface area is 68.3 Å². The number of halogens is 3. The highest BCUT2D eigenvalue weighted by molar-refractivity contribution is 5.72. The third kappa shape index (κ3) is 9.22. The van der Waals surface area contributed by atoms with Gasteiger partial charge in [-0.25, -0.2) is 0 Å². The first kappa shape index (κ1) is 11.2. The number of alkyl halides is 3. The van der Waals surface area contributed by atoms with Crippen LogP contribution >= 0.6 is 0 Å². The monoisotopic (exact) mass is 184 g/mol. The van der Waals surface area contributed by atoms with Crippen molar-refractivity contribution < 1.29 is 18.0 Å². The van der Waals surface area contributed by atoms with Crippen molar-refractivity contribution in [1.82, 2.24) is 10.6 Å². The molecule has 0 spiro atoms. The summed E-state index contributed by atoms with van der Waals surface area (Å²) < 4.78 is 34.5. The number of amides is 1. The lowest BCUT2D eigenvalue weighted by atomic mass is 10.5. The molecule has 0 aromatic carbocycles. The van der Waals surface area contributed by atoms with E-state index in [4.69, 9.17) is 0 Å². The SMILES string of the molecule is CC(=O)NCCNCC(F)(F)F. The predicted molar refractivity (Wildman–Crippen MR) is 37.6 cm³/mol. The third-order valence-corrected chi connectivity index (χ3v) is 1.00. The highest BCUT2D eigenvalue weighted by Crippen LogP contribution is 2.11. The van der Waals surface area contributed by atoms with Crippen molar-refractivity contribution in [3.05, 3.63) is 0 Å². The molecule has 0 atom stereocenters. The van der Waals surface area contributed by atoms with Gasteiger partial charge in [-0.3, -0.25) is 4.79 Å². The van der Waals surface area contributed by atoms with Crippen LogP contribution in [0.5, 0.6) is 0 Å². The summed E-state index contributed by atoms with van der Waals surface area (Å²) in [5.74, 6) is -0.246. The predicted octanol–water partition coefficient (Wildman–Crippen LogP) is 0.274. The second-order valence-corrected chi connectivity index (χ2v) is 2.27. The molecular weight excluding hydrogens is 173 g/mol. The second-order valence-electron chi connectivity index (χ2n) is 2.27. The molecule has 0 aromatic rings. The highest BCUT2D eigenvalue weighted by Gasteiger charge is 2.25. The third-order valence-electron chi connectivity index (χ3n) is 1.00. The molecule has 0 radical (unpaired) electrons. The van der Waals surface area contributed by atoms with Crippen LogP contribution in [-0.4, -0.2) is 31.7 Å². The summed E-state index contributed by atoms with van der Waals surface area (Å²) in [5.41, 5.74) is 0. The van der Waals surface area contributed by atoms with E-state index in [0.717, 1.165) is 0 Å². The molecule has 3 nitrogen and oxygen atoms in total. The van der Waals surface area contributed by atoms with Crippen LogP contribution in [0.25, 0.3) is 0 Å². The molecule has 0 aromatic heterocycles. The Morgan fingerprint density at radius 1 is 1.33 bits per heavy atom. The number of carbonyl (C=O) groups is 1. The Hall–Kier alpha value is -0.780. The Kier molecular flexibility index (Phi) is 4.65. The molecule has 0 saturated carbocycles. The summed E-state index contributed by atoms with van der Waals surface area (Å²) in [4.78, 5) is 10.2. The van der Waals surface area contributed by atoms with Gasteiger partial charge in [0.2, 0.25) is 5.91 Å². The molecule has 72 valence electrons. The van der Waals surface area contributed by atoms with Crippen molar-refractivity contribution in [3.8, 4) is 0 Å². The Morgan fingerprint density at radius 3 is 2.33 bits per heavy atom. The van der Waals surface area contributed by atoms with E-state index in [1.807, 2.05) is 0 Å². The van der Waals surface area contributed by atoms with E-state index in [0.29, 0.717) is 0 Å². The maximum Gasteiger partial charge on any atom is 0.401 e. The van der Waals surface area contributed by atoms with Gasteiger partial charge in [0.25, 0.3) is 0 Å². The van der Waals surface area contributed by atoms with Crippen LogP contribution in [0.3, 0.4) is 0 Å². The zero-order chi connectivity index (χ0) is 9.61. The van der Waals surface area contributed by atoms with Gasteiger partial charge in [-0.1, -0.05) is 0 Å². The fourth-order valence-corrected chi connectivity index (χ4v) is 0.557. The molecule has 0 rings (SSSR count). The van der Waals surface area contributed by atoms with Gasteiger partial charge in [-0.2, -0.15) is 13.2 Å². The van der Waals surface area contributed by atoms with Gasteiger partial charge in [-0.15, -0.1) is 0 Å². The maximum absolute atomic E-state index is 11.5. The zero-order valence-electron chi connectivity index (χ0n) is 6.66. The molecule has 2 N–H and O–H groups in total.